The standard InChI is InChI=1S/C15H27NO4S/c1-2-16-13-7-8-15(19-9-10-20-15)11-14(13)21(17,18)12-5-3-4-6-12/h12-14,16H,2-11H2,1H3. The van der Waals surface area contributed by atoms with E-state index in [0.717, 1.165) is 45.1 Å². The van der Waals surface area contributed by atoms with Crippen molar-refractivity contribution in [2.24, 2.45) is 0 Å². The Kier molecular flexibility index (Phi) is 4.60. The average Bonchev–Trinajstić information content (AvgIpc) is 3.13. The fraction of sp³-hybridized carbons (Fsp3) is 1.00. The summed E-state index contributed by atoms with van der Waals surface area (Å²) in [5.41, 5.74) is 0. The molecule has 2 aliphatic carbocycles. The first-order chi connectivity index (χ1) is 10.1. The van der Waals surface area contributed by atoms with Gasteiger partial charge in [0.2, 0.25) is 0 Å². The van der Waals surface area contributed by atoms with Crippen LogP contribution in [0.15, 0.2) is 0 Å². The highest BCUT2D eigenvalue weighted by molar-refractivity contribution is 7.92. The minimum absolute atomic E-state index is 0.0408. The molecular formula is C15H27NO4S. The maximum atomic E-state index is 13.1. The zero-order valence-corrected chi connectivity index (χ0v) is 13.7. The predicted molar refractivity (Wildman–Crippen MR) is 80.9 cm³/mol. The van der Waals surface area contributed by atoms with Gasteiger partial charge in [0.1, 0.15) is 0 Å². The Hall–Kier alpha value is -0.170. The van der Waals surface area contributed by atoms with Gasteiger partial charge in [-0.2, -0.15) is 0 Å². The number of hydrogen-bond acceptors (Lipinski definition) is 5. The van der Waals surface area contributed by atoms with E-state index in [1.54, 1.807) is 0 Å². The van der Waals surface area contributed by atoms with E-state index in [4.69, 9.17) is 9.47 Å². The summed E-state index contributed by atoms with van der Waals surface area (Å²) >= 11 is 0. The third-order valence-electron chi connectivity index (χ3n) is 5.27. The van der Waals surface area contributed by atoms with Gasteiger partial charge in [0, 0.05) is 18.9 Å². The van der Waals surface area contributed by atoms with Crippen molar-refractivity contribution in [3.05, 3.63) is 0 Å². The summed E-state index contributed by atoms with van der Waals surface area (Å²) in [5, 5.41) is 2.86. The van der Waals surface area contributed by atoms with Gasteiger partial charge in [0.05, 0.1) is 23.7 Å². The molecule has 1 N–H and O–H groups in total. The van der Waals surface area contributed by atoms with Crippen LogP contribution in [0.25, 0.3) is 0 Å². The molecule has 6 heteroatoms. The Morgan fingerprint density at radius 2 is 1.81 bits per heavy atom. The molecule has 3 fully saturated rings. The van der Waals surface area contributed by atoms with Crippen LogP contribution in [0.4, 0.5) is 0 Å². The summed E-state index contributed by atoms with van der Waals surface area (Å²) in [7, 11) is -3.12. The Labute approximate surface area is 127 Å². The van der Waals surface area contributed by atoms with Gasteiger partial charge < -0.3 is 14.8 Å². The third kappa shape index (κ3) is 3.00. The van der Waals surface area contributed by atoms with E-state index >= 15 is 0 Å². The molecule has 0 aromatic rings. The molecule has 1 saturated heterocycles. The Bertz CT molecular complexity index is 452. The van der Waals surface area contributed by atoms with Gasteiger partial charge in [-0.15, -0.1) is 0 Å². The lowest BCUT2D eigenvalue weighted by Gasteiger charge is -2.41. The summed E-state index contributed by atoms with van der Waals surface area (Å²) in [6.07, 6.45) is 5.83. The predicted octanol–water partition coefficient (Wildman–Crippen LogP) is 1.62. The monoisotopic (exact) mass is 317 g/mol. The van der Waals surface area contributed by atoms with E-state index in [0.29, 0.717) is 19.6 Å². The quantitative estimate of drug-likeness (QED) is 0.853. The first-order valence-corrected chi connectivity index (χ1v) is 9.92. The molecule has 2 unspecified atom stereocenters. The van der Waals surface area contributed by atoms with E-state index in [1.807, 2.05) is 6.92 Å². The normalized spacial score (nSPS) is 33.8. The second-order valence-corrected chi connectivity index (χ2v) is 9.00. The van der Waals surface area contributed by atoms with Crippen LogP contribution in [0.1, 0.15) is 51.9 Å². The fourth-order valence-electron chi connectivity index (χ4n) is 4.18. The van der Waals surface area contributed by atoms with Crippen molar-refractivity contribution in [1.82, 2.24) is 5.32 Å². The van der Waals surface area contributed by atoms with Crippen molar-refractivity contribution in [2.45, 2.75) is 74.2 Å². The maximum Gasteiger partial charge on any atom is 0.169 e. The molecule has 0 aromatic heterocycles. The molecule has 21 heavy (non-hydrogen) atoms. The van der Waals surface area contributed by atoms with Crippen LogP contribution in [0.5, 0.6) is 0 Å². The molecular weight excluding hydrogens is 290 g/mol. The largest absolute Gasteiger partial charge is 0.347 e. The molecule has 0 radical (unpaired) electrons. The highest BCUT2D eigenvalue weighted by Gasteiger charge is 2.51. The van der Waals surface area contributed by atoms with Crippen LogP contribution >= 0.6 is 0 Å². The molecule has 1 heterocycles. The van der Waals surface area contributed by atoms with Crippen LogP contribution in [0.2, 0.25) is 0 Å². The van der Waals surface area contributed by atoms with Crippen molar-refractivity contribution in [1.29, 1.82) is 0 Å². The zero-order chi connectivity index (χ0) is 14.9. The molecule has 2 saturated carbocycles. The van der Waals surface area contributed by atoms with Gasteiger partial charge in [0.25, 0.3) is 0 Å². The summed E-state index contributed by atoms with van der Waals surface area (Å²) in [6.45, 7) is 4.01. The molecule has 0 amide bonds. The summed E-state index contributed by atoms with van der Waals surface area (Å²) in [6, 6.07) is 0.0408. The third-order valence-corrected chi connectivity index (χ3v) is 8.01. The summed E-state index contributed by atoms with van der Waals surface area (Å²) < 4.78 is 37.7. The first-order valence-electron chi connectivity index (χ1n) is 8.31. The molecule has 1 aliphatic heterocycles. The van der Waals surface area contributed by atoms with Gasteiger partial charge in [-0.25, -0.2) is 8.42 Å². The maximum absolute atomic E-state index is 13.1. The minimum atomic E-state index is -3.12. The van der Waals surface area contributed by atoms with E-state index in [-0.39, 0.29) is 16.5 Å². The number of ether oxygens (including phenoxy) is 2. The van der Waals surface area contributed by atoms with E-state index in [2.05, 4.69) is 5.32 Å². The van der Waals surface area contributed by atoms with E-state index < -0.39 is 15.6 Å². The molecule has 5 nitrogen and oxygen atoms in total. The van der Waals surface area contributed by atoms with E-state index in [9.17, 15) is 8.42 Å². The van der Waals surface area contributed by atoms with Gasteiger partial charge in [-0.1, -0.05) is 19.8 Å². The lowest BCUT2D eigenvalue weighted by molar-refractivity contribution is -0.178. The van der Waals surface area contributed by atoms with Crippen LogP contribution in [0.3, 0.4) is 0 Å². The van der Waals surface area contributed by atoms with Crippen molar-refractivity contribution in [3.8, 4) is 0 Å². The van der Waals surface area contributed by atoms with Crippen molar-refractivity contribution >= 4 is 9.84 Å². The Balaban J connectivity index is 1.82. The Morgan fingerprint density at radius 3 is 2.43 bits per heavy atom. The average molecular weight is 317 g/mol. The summed E-state index contributed by atoms with van der Waals surface area (Å²) in [4.78, 5) is 0. The van der Waals surface area contributed by atoms with Gasteiger partial charge in [-0.3, -0.25) is 0 Å². The molecule has 1 spiro atoms. The van der Waals surface area contributed by atoms with Crippen LogP contribution < -0.4 is 5.32 Å². The molecule has 3 aliphatic rings. The first kappa shape index (κ1) is 15.7. The fourth-order valence-corrected chi connectivity index (χ4v) is 6.84. The van der Waals surface area contributed by atoms with Gasteiger partial charge in [-0.05, 0) is 25.8 Å². The highest BCUT2D eigenvalue weighted by atomic mass is 32.2. The van der Waals surface area contributed by atoms with Crippen molar-refractivity contribution in [2.75, 3.05) is 19.8 Å². The second-order valence-electron chi connectivity index (χ2n) is 6.55. The minimum Gasteiger partial charge on any atom is -0.347 e. The lowest BCUT2D eigenvalue weighted by Crippen LogP contribution is -2.55. The highest BCUT2D eigenvalue weighted by Crippen LogP contribution is 2.41. The lowest BCUT2D eigenvalue weighted by atomic mass is 9.89. The smallest absolute Gasteiger partial charge is 0.169 e. The van der Waals surface area contributed by atoms with Crippen LogP contribution in [0, 0.1) is 0 Å². The summed E-state index contributed by atoms with van der Waals surface area (Å²) in [5.74, 6) is -0.637. The number of sulfone groups is 1. The van der Waals surface area contributed by atoms with Gasteiger partial charge in [0.15, 0.2) is 15.6 Å². The van der Waals surface area contributed by atoms with Crippen molar-refractivity contribution in [3.63, 3.8) is 0 Å². The van der Waals surface area contributed by atoms with Gasteiger partial charge >= 0.3 is 0 Å². The van der Waals surface area contributed by atoms with Crippen molar-refractivity contribution < 1.29 is 17.9 Å². The SMILES string of the molecule is CCNC1CCC2(CC1S(=O)(=O)C1CCCC1)OCCO2. The number of nitrogens with one attached hydrogen (secondary N) is 1. The molecule has 3 rings (SSSR count). The van der Waals surface area contributed by atoms with E-state index in [1.165, 1.54) is 0 Å². The number of hydrogen-bond donors (Lipinski definition) is 1. The second kappa shape index (κ2) is 6.14. The Morgan fingerprint density at radius 1 is 1.14 bits per heavy atom. The topological polar surface area (TPSA) is 64.6 Å². The number of rotatable bonds is 4. The van der Waals surface area contributed by atoms with Crippen LogP contribution in [-0.2, 0) is 19.3 Å². The zero-order valence-electron chi connectivity index (χ0n) is 12.8. The molecule has 0 bridgehead atoms. The molecule has 122 valence electrons. The molecule has 0 aromatic carbocycles. The van der Waals surface area contributed by atoms with Crippen LogP contribution in [-0.4, -0.2) is 50.5 Å². The molecule has 2 atom stereocenters.